The quantitative estimate of drug-likeness (QED) is 0.756. The van der Waals surface area contributed by atoms with Crippen LogP contribution in [-0.2, 0) is 9.53 Å². The summed E-state index contributed by atoms with van der Waals surface area (Å²) in [7, 11) is 5.78. The van der Waals surface area contributed by atoms with Gasteiger partial charge in [0, 0.05) is 59.5 Å². The fourth-order valence-corrected chi connectivity index (χ4v) is 2.47. The number of likely N-dealkylation sites (N-methyl/N-ethyl adjacent to an activating group) is 2. The first-order chi connectivity index (χ1) is 11.1. The lowest BCUT2D eigenvalue weighted by atomic mass is 10.3. The van der Waals surface area contributed by atoms with Crippen LogP contribution in [0.5, 0.6) is 0 Å². The minimum absolute atomic E-state index is 0. The number of nitrogens with one attached hydrogen (secondary N) is 1. The van der Waals surface area contributed by atoms with Gasteiger partial charge in [-0.05, 0) is 20.3 Å². The van der Waals surface area contributed by atoms with Crippen LogP contribution < -0.4 is 5.32 Å². The summed E-state index contributed by atoms with van der Waals surface area (Å²) in [6.07, 6.45) is 1.75. The topological polar surface area (TPSA) is 51.3 Å². The maximum absolute atomic E-state index is 11.3. The number of hydrogen-bond acceptors (Lipinski definition) is 6. The number of ether oxygens (including phenoxy) is 1. The number of methoxy groups -OCH3 is 1. The molecule has 2 heterocycles. The summed E-state index contributed by atoms with van der Waals surface area (Å²) in [5, 5.41) is 3.10. The Bertz CT molecular complexity index is 338. The Morgan fingerprint density at radius 3 is 2.00 bits per heavy atom. The Morgan fingerprint density at radius 1 is 1.04 bits per heavy atom. The molecule has 0 atom stereocenters. The lowest BCUT2D eigenvalue weighted by Gasteiger charge is -2.32. The molecule has 1 amide bonds. The second kappa shape index (κ2) is 13.2. The van der Waals surface area contributed by atoms with E-state index < -0.39 is 0 Å². The molecule has 24 heavy (non-hydrogen) atoms. The molecule has 0 aromatic carbocycles. The summed E-state index contributed by atoms with van der Waals surface area (Å²) < 4.78 is 4.78. The van der Waals surface area contributed by atoms with E-state index in [0.717, 1.165) is 45.9 Å². The second-order valence-electron chi connectivity index (χ2n) is 6.10. The van der Waals surface area contributed by atoms with Gasteiger partial charge in [-0.1, -0.05) is 14.0 Å². The van der Waals surface area contributed by atoms with Gasteiger partial charge in [0.15, 0.2) is 0 Å². The van der Waals surface area contributed by atoms with Crippen LogP contribution in [0.15, 0.2) is 12.8 Å². The van der Waals surface area contributed by atoms with Crippen molar-refractivity contribution in [2.24, 2.45) is 0 Å². The van der Waals surface area contributed by atoms with Crippen molar-refractivity contribution in [2.75, 3.05) is 86.8 Å². The van der Waals surface area contributed by atoms with E-state index in [4.69, 9.17) is 4.74 Å². The largest absolute Gasteiger partial charge is 0.379 e. The first-order valence-corrected chi connectivity index (χ1v) is 8.27. The van der Waals surface area contributed by atoms with Gasteiger partial charge < -0.3 is 24.8 Å². The number of rotatable bonds is 5. The molecule has 2 fully saturated rings. The average Bonchev–Trinajstić information content (AvgIpc) is 2.56. The summed E-state index contributed by atoms with van der Waals surface area (Å²) in [5.41, 5.74) is 0. The number of carbonyl (C=O) groups is 1. The molecule has 0 aliphatic carbocycles. The van der Waals surface area contributed by atoms with Crippen molar-refractivity contribution < 1.29 is 9.53 Å². The predicted molar refractivity (Wildman–Crippen MR) is 100.0 cm³/mol. The highest BCUT2D eigenvalue weighted by Crippen LogP contribution is 1.99. The number of amides is 1. The standard InChI is InChI=1S/C8H17N3.C8H16N2O2.CH4/c1-3-9-8-11-6-4-10(2)5-7-11;1-9-3-5-10(6-4-9)8(11)7-12-2;/h3,9H,1,4-8H2,2H3;3-7H2,1-2H3;1H4. The third-order valence-electron chi connectivity index (χ3n) is 4.18. The fraction of sp³-hybridized carbons (Fsp3) is 0.824. The van der Waals surface area contributed by atoms with Crippen LogP contribution in [0.4, 0.5) is 0 Å². The zero-order chi connectivity index (χ0) is 17.1. The Balaban J connectivity index is 0.000000425. The average molecular weight is 344 g/mol. The Hall–Kier alpha value is -1.15. The monoisotopic (exact) mass is 343 g/mol. The molecule has 0 spiro atoms. The molecular formula is C17H37N5O2. The lowest BCUT2D eigenvalue weighted by molar-refractivity contribution is -0.136. The van der Waals surface area contributed by atoms with Gasteiger partial charge in [-0.15, -0.1) is 0 Å². The number of carbonyl (C=O) groups excluding carboxylic acids is 1. The molecule has 0 unspecified atom stereocenters. The first-order valence-electron chi connectivity index (χ1n) is 8.27. The molecule has 2 rings (SSSR count). The SMILES string of the molecule is C.C=CNCN1CCN(C)CC1.COCC(=O)N1CCN(C)CC1. The third-order valence-corrected chi connectivity index (χ3v) is 4.18. The van der Waals surface area contributed by atoms with Crippen molar-refractivity contribution in [1.29, 1.82) is 0 Å². The second-order valence-corrected chi connectivity index (χ2v) is 6.10. The van der Waals surface area contributed by atoms with Crippen LogP contribution in [0.2, 0.25) is 0 Å². The van der Waals surface area contributed by atoms with Crippen molar-refractivity contribution in [1.82, 2.24) is 24.9 Å². The van der Waals surface area contributed by atoms with Gasteiger partial charge in [-0.25, -0.2) is 0 Å². The van der Waals surface area contributed by atoms with Gasteiger partial charge in [0.05, 0.1) is 6.67 Å². The number of nitrogens with zero attached hydrogens (tertiary/aromatic N) is 4. The predicted octanol–water partition coefficient (Wildman–Crippen LogP) is -0.0327. The van der Waals surface area contributed by atoms with Crippen molar-refractivity contribution in [3.05, 3.63) is 12.8 Å². The summed E-state index contributed by atoms with van der Waals surface area (Å²) in [6, 6.07) is 0. The van der Waals surface area contributed by atoms with Crippen LogP contribution in [-0.4, -0.2) is 112 Å². The van der Waals surface area contributed by atoms with Crippen LogP contribution in [0.1, 0.15) is 7.43 Å². The highest BCUT2D eigenvalue weighted by molar-refractivity contribution is 5.77. The van der Waals surface area contributed by atoms with Gasteiger partial charge >= 0.3 is 0 Å². The third kappa shape index (κ3) is 9.22. The van der Waals surface area contributed by atoms with Gasteiger partial charge in [-0.3, -0.25) is 9.69 Å². The Morgan fingerprint density at radius 2 is 1.54 bits per heavy atom. The Labute approximate surface area is 148 Å². The van der Waals surface area contributed by atoms with E-state index >= 15 is 0 Å². The summed E-state index contributed by atoms with van der Waals surface area (Å²) in [6.45, 7) is 13.1. The number of hydrogen-bond donors (Lipinski definition) is 1. The molecule has 7 heteroatoms. The van der Waals surface area contributed by atoms with E-state index in [0.29, 0.717) is 0 Å². The van der Waals surface area contributed by atoms with Crippen LogP contribution in [0, 0.1) is 0 Å². The molecule has 2 aliphatic rings. The molecular weight excluding hydrogens is 306 g/mol. The maximum Gasteiger partial charge on any atom is 0.248 e. The molecule has 142 valence electrons. The van der Waals surface area contributed by atoms with E-state index in [2.05, 4.69) is 40.7 Å². The molecule has 0 radical (unpaired) electrons. The zero-order valence-electron chi connectivity index (χ0n) is 15.0. The van der Waals surface area contributed by atoms with Crippen molar-refractivity contribution in [3.8, 4) is 0 Å². The molecule has 0 aromatic rings. The first kappa shape index (κ1) is 22.9. The smallest absolute Gasteiger partial charge is 0.248 e. The minimum Gasteiger partial charge on any atom is -0.379 e. The van der Waals surface area contributed by atoms with E-state index in [9.17, 15) is 4.79 Å². The molecule has 7 nitrogen and oxygen atoms in total. The van der Waals surface area contributed by atoms with Crippen molar-refractivity contribution in [3.63, 3.8) is 0 Å². The highest BCUT2D eigenvalue weighted by atomic mass is 16.5. The number of piperazine rings is 2. The van der Waals surface area contributed by atoms with Gasteiger partial charge in [0.2, 0.25) is 5.91 Å². The zero-order valence-corrected chi connectivity index (χ0v) is 15.0. The lowest BCUT2D eigenvalue weighted by Crippen LogP contribution is -2.48. The van der Waals surface area contributed by atoms with Crippen LogP contribution in [0.3, 0.4) is 0 Å². The van der Waals surface area contributed by atoms with Gasteiger partial charge in [0.1, 0.15) is 6.61 Å². The summed E-state index contributed by atoms with van der Waals surface area (Å²) in [4.78, 5) is 20.1. The normalized spacial score (nSPS) is 19.7. The van der Waals surface area contributed by atoms with Crippen molar-refractivity contribution >= 4 is 5.91 Å². The van der Waals surface area contributed by atoms with Crippen LogP contribution in [0.25, 0.3) is 0 Å². The summed E-state index contributed by atoms with van der Waals surface area (Å²) in [5.74, 6) is 0.102. The molecule has 0 aromatic heterocycles. The van der Waals surface area contributed by atoms with Crippen molar-refractivity contribution in [2.45, 2.75) is 7.43 Å². The van der Waals surface area contributed by atoms with Crippen LogP contribution >= 0.6 is 0 Å². The highest BCUT2D eigenvalue weighted by Gasteiger charge is 2.18. The molecule has 1 N–H and O–H groups in total. The maximum atomic E-state index is 11.3. The molecule has 0 saturated carbocycles. The summed E-state index contributed by atoms with van der Waals surface area (Å²) >= 11 is 0. The molecule has 2 aliphatic heterocycles. The van der Waals surface area contributed by atoms with E-state index in [1.165, 1.54) is 13.1 Å². The van der Waals surface area contributed by atoms with E-state index in [-0.39, 0.29) is 19.9 Å². The Kier molecular flexibility index (Phi) is 12.5. The van der Waals surface area contributed by atoms with E-state index in [1.54, 1.807) is 13.3 Å². The van der Waals surface area contributed by atoms with Gasteiger partial charge in [-0.2, -0.15) is 0 Å². The molecule has 0 bridgehead atoms. The van der Waals surface area contributed by atoms with E-state index in [1.807, 2.05) is 4.90 Å². The van der Waals surface area contributed by atoms with Gasteiger partial charge in [0.25, 0.3) is 0 Å². The fourth-order valence-electron chi connectivity index (χ4n) is 2.47. The minimum atomic E-state index is 0. The molecule has 2 saturated heterocycles.